The minimum absolute atomic E-state index is 0.0149. The minimum Gasteiger partial charge on any atom is -0.361 e. The lowest BCUT2D eigenvalue weighted by molar-refractivity contribution is -0.384. The van der Waals surface area contributed by atoms with Crippen LogP contribution in [0.1, 0.15) is 54.1 Å². The van der Waals surface area contributed by atoms with Gasteiger partial charge in [0.2, 0.25) is 0 Å². The van der Waals surface area contributed by atoms with E-state index in [2.05, 4.69) is 36.2 Å². The SMILES string of the molecule is CCCCC/C(=C/c1ccccc1)CN(CCc1c[nH]c2ccccc12)C(=O)c1ccc(Cl)c([N+](=O)[O-])c1. The van der Waals surface area contributed by atoms with Crippen molar-refractivity contribution in [2.45, 2.75) is 39.0 Å². The number of amides is 1. The second-order valence-electron chi connectivity index (χ2n) is 9.43. The molecule has 0 saturated heterocycles. The van der Waals surface area contributed by atoms with E-state index in [4.69, 9.17) is 11.6 Å². The molecule has 0 fully saturated rings. The van der Waals surface area contributed by atoms with Gasteiger partial charge in [-0.25, -0.2) is 0 Å². The van der Waals surface area contributed by atoms with Crippen molar-refractivity contribution in [2.75, 3.05) is 13.1 Å². The Labute approximate surface area is 228 Å². The molecule has 0 saturated carbocycles. The third-order valence-electron chi connectivity index (χ3n) is 6.67. The Kier molecular flexibility index (Phi) is 9.33. The number of nitro groups is 1. The van der Waals surface area contributed by atoms with Crippen molar-refractivity contribution in [3.8, 4) is 0 Å². The second-order valence-corrected chi connectivity index (χ2v) is 9.84. The van der Waals surface area contributed by atoms with Crippen molar-refractivity contribution in [1.82, 2.24) is 9.88 Å². The molecule has 4 rings (SSSR count). The molecule has 0 unspecified atom stereocenters. The van der Waals surface area contributed by atoms with Crippen LogP contribution in [-0.2, 0) is 6.42 Å². The van der Waals surface area contributed by atoms with Gasteiger partial charge in [0.15, 0.2) is 0 Å². The summed E-state index contributed by atoms with van der Waals surface area (Å²) in [6, 6.07) is 22.5. The highest BCUT2D eigenvalue weighted by Gasteiger charge is 2.22. The highest BCUT2D eigenvalue weighted by molar-refractivity contribution is 6.32. The van der Waals surface area contributed by atoms with Crippen molar-refractivity contribution in [3.05, 3.63) is 116 Å². The van der Waals surface area contributed by atoms with Crippen LogP contribution < -0.4 is 0 Å². The molecule has 196 valence electrons. The van der Waals surface area contributed by atoms with E-state index >= 15 is 0 Å². The van der Waals surface area contributed by atoms with Crippen LogP contribution in [0.2, 0.25) is 5.02 Å². The maximum atomic E-state index is 13.8. The normalized spacial score (nSPS) is 11.6. The lowest BCUT2D eigenvalue weighted by Crippen LogP contribution is -2.34. The van der Waals surface area contributed by atoms with Gasteiger partial charge in [-0.1, -0.05) is 91.5 Å². The Balaban J connectivity index is 1.65. The second kappa shape index (κ2) is 13.1. The highest BCUT2D eigenvalue weighted by atomic mass is 35.5. The molecule has 0 atom stereocenters. The molecule has 0 radical (unpaired) electrons. The molecule has 38 heavy (non-hydrogen) atoms. The monoisotopic (exact) mass is 529 g/mol. The van der Waals surface area contributed by atoms with Crippen molar-refractivity contribution in [1.29, 1.82) is 0 Å². The van der Waals surface area contributed by atoms with E-state index < -0.39 is 4.92 Å². The Morgan fingerprint density at radius 1 is 1.05 bits per heavy atom. The van der Waals surface area contributed by atoms with E-state index in [-0.39, 0.29) is 22.2 Å². The van der Waals surface area contributed by atoms with Gasteiger partial charge in [-0.05, 0) is 48.6 Å². The van der Waals surface area contributed by atoms with Gasteiger partial charge in [-0.2, -0.15) is 0 Å². The number of unbranched alkanes of at least 4 members (excludes halogenated alkanes) is 2. The summed E-state index contributed by atoms with van der Waals surface area (Å²) in [4.78, 5) is 29.8. The molecule has 1 N–H and O–H groups in total. The van der Waals surface area contributed by atoms with Gasteiger partial charge in [0.25, 0.3) is 11.6 Å². The van der Waals surface area contributed by atoms with E-state index in [0.29, 0.717) is 19.5 Å². The molecular weight excluding hydrogens is 498 g/mol. The van der Waals surface area contributed by atoms with Crippen molar-refractivity contribution in [2.24, 2.45) is 0 Å². The zero-order chi connectivity index (χ0) is 26.9. The van der Waals surface area contributed by atoms with Gasteiger partial charge < -0.3 is 9.88 Å². The fourth-order valence-corrected chi connectivity index (χ4v) is 4.83. The molecule has 4 aromatic rings. The minimum atomic E-state index is -0.555. The average molecular weight is 530 g/mol. The number of rotatable bonds is 12. The number of carbonyl (C=O) groups excluding carboxylic acids is 1. The molecule has 0 aliphatic carbocycles. The molecule has 6 nitrogen and oxygen atoms in total. The van der Waals surface area contributed by atoms with Crippen LogP contribution in [-0.4, -0.2) is 33.8 Å². The lowest BCUT2D eigenvalue weighted by Gasteiger charge is -2.25. The number of aromatic nitrogens is 1. The van der Waals surface area contributed by atoms with Crippen molar-refractivity contribution < 1.29 is 9.72 Å². The average Bonchev–Trinajstić information content (AvgIpc) is 3.34. The van der Waals surface area contributed by atoms with E-state index in [9.17, 15) is 14.9 Å². The summed E-state index contributed by atoms with van der Waals surface area (Å²) in [6.45, 7) is 3.08. The lowest BCUT2D eigenvalue weighted by atomic mass is 10.0. The maximum absolute atomic E-state index is 13.8. The Morgan fingerprint density at radius 3 is 2.58 bits per heavy atom. The fraction of sp³-hybridized carbons (Fsp3) is 0.258. The van der Waals surface area contributed by atoms with Crippen LogP contribution in [0, 0.1) is 10.1 Å². The van der Waals surface area contributed by atoms with Gasteiger partial charge >= 0.3 is 0 Å². The number of halogens is 1. The van der Waals surface area contributed by atoms with Gasteiger partial charge in [0.05, 0.1) is 4.92 Å². The number of nitrogens with one attached hydrogen (secondary N) is 1. The molecule has 3 aromatic carbocycles. The van der Waals surface area contributed by atoms with Gasteiger partial charge in [-0.15, -0.1) is 0 Å². The summed E-state index contributed by atoms with van der Waals surface area (Å²) >= 11 is 6.03. The summed E-state index contributed by atoms with van der Waals surface area (Å²) in [7, 11) is 0. The summed E-state index contributed by atoms with van der Waals surface area (Å²) in [5.41, 5.74) is 4.41. The molecule has 0 aliphatic rings. The summed E-state index contributed by atoms with van der Waals surface area (Å²) < 4.78 is 0. The van der Waals surface area contributed by atoms with Crippen LogP contribution in [0.15, 0.2) is 84.6 Å². The van der Waals surface area contributed by atoms with Gasteiger partial charge in [0.1, 0.15) is 5.02 Å². The Morgan fingerprint density at radius 2 is 1.82 bits per heavy atom. The van der Waals surface area contributed by atoms with Crippen LogP contribution in [0.3, 0.4) is 0 Å². The maximum Gasteiger partial charge on any atom is 0.288 e. The molecule has 1 heterocycles. The first-order valence-corrected chi connectivity index (χ1v) is 13.4. The smallest absolute Gasteiger partial charge is 0.288 e. The number of H-pyrrole nitrogens is 1. The standard InChI is InChI=1S/C31H32ClN3O3/c1-2-3-5-12-24(19-23-10-6-4-7-11-23)22-34(18-17-26-21-33-29-14-9-8-13-27(26)29)31(36)25-15-16-28(32)30(20-25)35(37)38/h4,6-11,13-16,19-21,33H,2-3,5,12,17-18,22H2,1H3/b24-19-. The number of carbonyl (C=O) groups is 1. The zero-order valence-corrected chi connectivity index (χ0v) is 22.3. The van der Waals surface area contributed by atoms with Crippen LogP contribution in [0.5, 0.6) is 0 Å². The molecule has 0 spiro atoms. The number of para-hydroxylation sites is 1. The molecule has 1 aromatic heterocycles. The largest absolute Gasteiger partial charge is 0.361 e. The zero-order valence-electron chi connectivity index (χ0n) is 21.5. The van der Waals surface area contributed by atoms with E-state index in [1.165, 1.54) is 12.1 Å². The molecule has 7 heteroatoms. The van der Waals surface area contributed by atoms with Crippen LogP contribution in [0.25, 0.3) is 17.0 Å². The molecule has 1 amide bonds. The molecular formula is C31H32ClN3O3. The quantitative estimate of drug-likeness (QED) is 0.114. The molecule has 0 aliphatic heterocycles. The number of hydrogen-bond acceptors (Lipinski definition) is 3. The first kappa shape index (κ1) is 27.1. The summed E-state index contributed by atoms with van der Waals surface area (Å²) in [5.74, 6) is -0.251. The number of aromatic amines is 1. The van der Waals surface area contributed by atoms with E-state index in [0.717, 1.165) is 53.3 Å². The topological polar surface area (TPSA) is 79.2 Å². The van der Waals surface area contributed by atoms with E-state index in [1.54, 1.807) is 11.0 Å². The number of hydrogen-bond donors (Lipinski definition) is 1. The first-order valence-electron chi connectivity index (χ1n) is 13.0. The number of nitro benzene ring substituents is 1. The predicted molar refractivity (Wildman–Crippen MR) is 155 cm³/mol. The Hall–Kier alpha value is -3.90. The summed E-state index contributed by atoms with van der Waals surface area (Å²) in [5, 5.41) is 12.6. The van der Waals surface area contributed by atoms with Gasteiger partial charge in [0, 0.05) is 41.8 Å². The van der Waals surface area contributed by atoms with Crippen molar-refractivity contribution in [3.63, 3.8) is 0 Å². The van der Waals surface area contributed by atoms with Gasteiger partial charge in [-0.3, -0.25) is 14.9 Å². The fourth-order valence-electron chi connectivity index (χ4n) is 4.64. The van der Waals surface area contributed by atoms with E-state index in [1.807, 2.05) is 42.6 Å². The number of fused-ring (bicyclic) bond motifs is 1. The third-order valence-corrected chi connectivity index (χ3v) is 6.99. The number of nitrogens with zero attached hydrogens (tertiary/aromatic N) is 2. The van der Waals surface area contributed by atoms with Crippen LogP contribution >= 0.6 is 11.6 Å². The van der Waals surface area contributed by atoms with Crippen molar-refractivity contribution >= 4 is 40.2 Å². The number of benzene rings is 3. The Bertz CT molecular complexity index is 1430. The summed E-state index contributed by atoms with van der Waals surface area (Å²) in [6.07, 6.45) is 8.93. The molecule has 0 bridgehead atoms. The van der Waals surface area contributed by atoms with Crippen LogP contribution in [0.4, 0.5) is 5.69 Å². The highest BCUT2D eigenvalue weighted by Crippen LogP contribution is 2.27. The first-order chi connectivity index (χ1) is 18.5. The third kappa shape index (κ3) is 6.90. The predicted octanol–water partition coefficient (Wildman–Crippen LogP) is 8.08.